The Morgan fingerprint density at radius 1 is 1.00 bits per heavy atom. The molecule has 0 fully saturated rings. The Morgan fingerprint density at radius 3 is 2.07 bits per heavy atom. The summed E-state index contributed by atoms with van der Waals surface area (Å²) >= 11 is 0. The van der Waals surface area contributed by atoms with Crippen molar-refractivity contribution in [1.82, 2.24) is 0 Å². The summed E-state index contributed by atoms with van der Waals surface area (Å²) in [6.07, 6.45) is 0. The molecule has 1 radical (unpaired) electrons. The minimum atomic E-state index is -0.566. The van der Waals surface area contributed by atoms with Crippen LogP contribution < -0.4 is 0 Å². The number of benzene rings is 1. The summed E-state index contributed by atoms with van der Waals surface area (Å²) in [5.74, 6) is 0. The van der Waals surface area contributed by atoms with Crippen molar-refractivity contribution >= 4 is 0 Å². The van der Waals surface area contributed by atoms with Gasteiger partial charge in [0.15, 0.2) is 0 Å². The highest BCUT2D eigenvalue weighted by atomic mass is 16.3. The van der Waals surface area contributed by atoms with Crippen molar-refractivity contribution in [2.75, 3.05) is 0 Å². The Balaban J connectivity index is 3.59. The summed E-state index contributed by atoms with van der Waals surface area (Å²) in [5.41, 5.74) is 0.384. The molecule has 0 aliphatic carbocycles. The van der Waals surface area contributed by atoms with Crippen LogP contribution in [0.25, 0.3) is 0 Å². The highest BCUT2D eigenvalue weighted by Crippen LogP contribution is 2.17. The Bertz CT molecular complexity index is 486. The largest absolute Gasteiger partial charge is 0.232 e. The molecule has 0 bridgehead atoms. The number of nitriles is 3. The number of nitrogens with zero attached hydrogens (tertiary/aromatic N) is 3. The van der Waals surface area contributed by atoms with Crippen molar-refractivity contribution in [2.24, 2.45) is 0 Å². The van der Waals surface area contributed by atoms with E-state index >= 15 is 0 Å². The fourth-order valence-corrected chi connectivity index (χ4v) is 1.10. The van der Waals surface area contributed by atoms with Gasteiger partial charge in [0.2, 0.25) is 0 Å². The van der Waals surface area contributed by atoms with E-state index in [-0.39, 0.29) is 22.3 Å². The molecular formula is C10H4N3O. The second kappa shape index (κ2) is 4.05. The van der Waals surface area contributed by atoms with E-state index in [4.69, 9.17) is 15.8 Å². The Morgan fingerprint density at radius 2 is 1.64 bits per heavy atom. The molecule has 65 valence electrons. The lowest BCUT2D eigenvalue weighted by Crippen LogP contribution is -1.96. The van der Waals surface area contributed by atoms with Crippen molar-refractivity contribution < 1.29 is 5.11 Å². The standard InChI is InChI=1S/C10H4N3O/c11-3-7-1-2-8(6-14)10(5-13)9(7)4-12/h1-2H,6H2. The summed E-state index contributed by atoms with van der Waals surface area (Å²) in [7, 11) is 0. The normalized spacial score (nSPS) is 8.43. The third-order valence-electron chi connectivity index (χ3n) is 1.79. The molecular weight excluding hydrogens is 178 g/mol. The van der Waals surface area contributed by atoms with Crippen LogP contribution in [0.4, 0.5) is 0 Å². The van der Waals surface area contributed by atoms with Gasteiger partial charge < -0.3 is 0 Å². The third-order valence-corrected chi connectivity index (χ3v) is 1.79. The average molecular weight is 182 g/mol. The Labute approximate surface area is 80.9 Å². The molecule has 0 saturated carbocycles. The molecule has 0 heterocycles. The lowest BCUT2D eigenvalue weighted by molar-refractivity contribution is 0.177. The van der Waals surface area contributed by atoms with Gasteiger partial charge in [0.05, 0.1) is 16.7 Å². The molecule has 1 rings (SSSR count). The first-order chi connectivity index (χ1) is 6.78. The molecule has 0 unspecified atom stereocenters. The van der Waals surface area contributed by atoms with E-state index in [9.17, 15) is 5.11 Å². The van der Waals surface area contributed by atoms with E-state index in [2.05, 4.69) is 0 Å². The fraction of sp³-hybridized carbons (Fsp3) is 0.100. The lowest BCUT2D eigenvalue weighted by Gasteiger charge is -2.01. The molecule has 0 N–H and O–H groups in total. The van der Waals surface area contributed by atoms with Crippen molar-refractivity contribution in [3.05, 3.63) is 34.4 Å². The summed E-state index contributed by atoms with van der Waals surface area (Å²) in [6, 6.07) is 8.11. The summed E-state index contributed by atoms with van der Waals surface area (Å²) < 4.78 is 0. The van der Waals surface area contributed by atoms with E-state index in [1.807, 2.05) is 0 Å². The van der Waals surface area contributed by atoms with Gasteiger partial charge in [-0.1, -0.05) is 6.07 Å². The molecule has 0 aliphatic heterocycles. The van der Waals surface area contributed by atoms with Crippen LogP contribution in [0.2, 0.25) is 0 Å². The summed E-state index contributed by atoms with van der Waals surface area (Å²) in [5, 5.41) is 36.7. The van der Waals surface area contributed by atoms with Crippen molar-refractivity contribution in [1.29, 1.82) is 15.8 Å². The van der Waals surface area contributed by atoms with Gasteiger partial charge in [-0.2, -0.15) is 15.8 Å². The van der Waals surface area contributed by atoms with Crippen LogP contribution >= 0.6 is 0 Å². The van der Waals surface area contributed by atoms with Gasteiger partial charge in [-0.05, 0) is 6.07 Å². The Hall–Kier alpha value is -2.35. The van der Waals surface area contributed by atoms with E-state index < -0.39 is 6.61 Å². The first-order valence-corrected chi connectivity index (χ1v) is 3.72. The molecule has 1 aromatic rings. The molecule has 0 amide bonds. The third kappa shape index (κ3) is 1.41. The van der Waals surface area contributed by atoms with Crippen LogP contribution in [0, 0.1) is 34.0 Å². The predicted molar refractivity (Wildman–Crippen MR) is 45.0 cm³/mol. The maximum atomic E-state index is 10.6. The van der Waals surface area contributed by atoms with Gasteiger partial charge in [-0.15, -0.1) is 0 Å². The molecule has 0 saturated heterocycles. The highest BCUT2D eigenvalue weighted by Gasteiger charge is 2.12. The van der Waals surface area contributed by atoms with Gasteiger partial charge in [0, 0.05) is 5.56 Å². The minimum absolute atomic E-state index is 0.0108. The maximum Gasteiger partial charge on any atom is 0.109 e. The molecule has 0 spiro atoms. The molecule has 4 heteroatoms. The summed E-state index contributed by atoms with van der Waals surface area (Å²) in [4.78, 5) is 0. The highest BCUT2D eigenvalue weighted by molar-refractivity contribution is 5.58. The van der Waals surface area contributed by atoms with Crippen LogP contribution in [0.5, 0.6) is 0 Å². The second-order valence-corrected chi connectivity index (χ2v) is 2.50. The quantitative estimate of drug-likeness (QED) is 0.653. The predicted octanol–water partition coefficient (Wildman–Crippen LogP) is 1.23. The smallest absolute Gasteiger partial charge is 0.109 e. The van der Waals surface area contributed by atoms with E-state index in [1.54, 1.807) is 18.2 Å². The zero-order valence-corrected chi connectivity index (χ0v) is 7.11. The first-order valence-electron chi connectivity index (χ1n) is 3.72. The van der Waals surface area contributed by atoms with Crippen molar-refractivity contribution in [3.63, 3.8) is 0 Å². The minimum Gasteiger partial charge on any atom is -0.232 e. The average Bonchev–Trinajstić information content (AvgIpc) is 2.26. The monoisotopic (exact) mass is 182 g/mol. The number of hydrogen-bond donors (Lipinski definition) is 0. The second-order valence-electron chi connectivity index (χ2n) is 2.50. The van der Waals surface area contributed by atoms with Crippen molar-refractivity contribution in [2.45, 2.75) is 6.61 Å². The first kappa shape index (κ1) is 9.74. The van der Waals surface area contributed by atoms with E-state index in [1.165, 1.54) is 12.1 Å². The van der Waals surface area contributed by atoms with Gasteiger partial charge in [0.1, 0.15) is 24.8 Å². The van der Waals surface area contributed by atoms with Gasteiger partial charge in [0.25, 0.3) is 0 Å². The van der Waals surface area contributed by atoms with Crippen LogP contribution in [0.3, 0.4) is 0 Å². The molecule has 0 aliphatic rings. The van der Waals surface area contributed by atoms with Gasteiger partial charge in [-0.25, -0.2) is 5.11 Å². The van der Waals surface area contributed by atoms with Crippen LogP contribution in [-0.2, 0) is 11.7 Å². The van der Waals surface area contributed by atoms with E-state index in [0.29, 0.717) is 0 Å². The molecule has 4 nitrogen and oxygen atoms in total. The topological polar surface area (TPSA) is 91.3 Å². The zero-order chi connectivity index (χ0) is 10.6. The Kier molecular flexibility index (Phi) is 2.82. The van der Waals surface area contributed by atoms with Gasteiger partial charge in [-0.3, -0.25) is 0 Å². The van der Waals surface area contributed by atoms with Crippen LogP contribution in [0.15, 0.2) is 12.1 Å². The number of hydrogen-bond acceptors (Lipinski definition) is 3. The SMILES string of the molecule is N#Cc1ccc(C[O])c(C#N)c1C#N. The fourth-order valence-electron chi connectivity index (χ4n) is 1.10. The molecule has 14 heavy (non-hydrogen) atoms. The van der Waals surface area contributed by atoms with Crippen LogP contribution in [-0.4, -0.2) is 0 Å². The van der Waals surface area contributed by atoms with Crippen molar-refractivity contribution in [3.8, 4) is 18.2 Å². The van der Waals surface area contributed by atoms with E-state index in [0.717, 1.165) is 0 Å². The molecule has 0 aromatic heterocycles. The summed E-state index contributed by atoms with van der Waals surface area (Å²) in [6.45, 7) is -0.566. The van der Waals surface area contributed by atoms with Crippen LogP contribution in [0.1, 0.15) is 22.3 Å². The lowest BCUT2D eigenvalue weighted by atomic mass is 9.98. The number of rotatable bonds is 1. The molecule has 0 atom stereocenters. The molecule has 1 aromatic carbocycles. The zero-order valence-electron chi connectivity index (χ0n) is 7.11. The van der Waals surface area contributed by atoms with Gasteiger partial charge >= 0.3 is 0 Å². The maximum absolute atomic E-state index is 10.6.